The molecule has 22 heavy (non-hydrogen) atoms. The summed E-state index contributed by atoms with van der Waals surface area (Å²) in [6.07, 6.45) is 3.69. The highest BCUT2D eigenvalue weighted by atomic mass is 16.1. The van der Waals surface area contributed by atoms with E-state index < -0.39 is 0 Å². The molecule has 0 radical (unpaired) electrons. The smallest absolute Gasteiger partial charge is 0.226 e. The molecule has 5 heteroatoms. The summed E-state index contributed by atoms with van der Waals surface area (Å²) in [5.74, 6) is -0.0638. The second-order valence-electron chi connectivity index (χ2n) is 5.07. The van der Waals surface area contributed by atoms with Crippen LogP contribution in [0.5, 0.6) is 0 Å². The molecular formula is C17H16N4O. The molecule has 2 aromatic heterocycles. The van der Waals surface area contributed by atoms with Crippen molar-refractivity contribution in [3.63, 3.8) is 0 Å². The number of benzene rings is 1. The van der Waals surface area contributed by atoms with Crippen molar-refractivity contribution >= 4 is 22.5 Å². The maximum absolute atomic E-state index is 12.0. The lowest BCUT2D eigenvalue weighted by Gasteiger charge is -2.06. The van der Waals surface area contributed by atoms with Gasteiger partial charge in [-0.25, -0.2) is 0 Å². The summed E-state index contributed by atoms with van der Waals surface area (Å²) in [5.41, 5.74) is 8.99. The van der Waals surface area contributed by atoms with Crippen molar-refractivity contribution in [2.45, 2.75) is 13.0 Å². The van der Waals surface area contributed by atoms with Crippen LogP contribution in [0.15, 0.2) is 54.9 Å². The third kappa shape index (κ3) is 3.38. The van der Waals surface area contributed by atoms with Gasteiger partial charge in [-0.1, -0.05) is 12.1 Å². The highest BCUT2D eigenvalue weighted by Gasteiger charge is 2.06. The van der Waals surface area contributed by atoms with E-state index in [1.807, 2.05) is 42.5 Å². The monoisotopic (exact) mass is 292 g/mol. The Morgan fingerprint density at radius 2 is 2.09 bits per heavy atom. The van der Waals surface area contributed by atoms with Crippen LogP contribution in [0, 0.1) is 0 Å². The summed E-state index contributed by atoms with van der Waals surface area (Å²) in [6, 6.07) is 13.1. The lowest BCUT2D eigenvalue weighted by atomic mass is 10.1. The topological polar surface area (TPSA) is 80.9 Å². The number of fused-ring (bicyclic) bond motifs is 1. The summed E-state index contributed by atoms with van der Waals surface area (Å²) in [6.45, 7) is 0.469. The van der Waals surface area contributed by atoms with E-state index in [1.54, 1.807) is 12.4 Å². The molecule has 0 spiro atoms. The standard InChI is InChI=1S/C17H16N4O/c18-14-4-6-16-13(8-14)3-5-15(21-16)9-17(22)20-11-12-2-1-7-19-10-12/h1-8,10H,9,11,18H2,(H,20,22). The van der Waals surface area contributed by atoms with Gasteiger partial charge in [0.15, 0.2) is 0 Å². The lowest BCUT2D eigenvalue weighted by molar-refractivity contribution is -0.120. The molecule has 0 saturated heterocycles. The number of aromatic nitrogens is 2. The van der Waals surface area contributed by atoms with E-state index in [4.69, 9.17) is 5.73 Å². The largest absolute Gasteiger partial charge is 0.399 e. The maximum Gasteiger partial charge on any atom is 0.226 e. The molecule has 0 saturated carbocycles. The first-order valence-corrected chi connectivity index (χ1v) is 7.01. The number of rotatable bonds is 4. The molecule has 110 valence electrons. The van der Waals surface area contributed by atoms with Crippen LogP contribution in [0.3, 0.4) is 0 Å². The summed E-state index contributed by atoms with van der Waals surface area (Å²) < 4.78 is 0. The first-order valence-electron chi connectivity index (χ1n) is 7.01. The van der Waals surface area contributed by atoms with Gasteiger partial charge < -0.3 is 11.1 Å². The fourth-order valence-electron chi connectivity index (χ4n) is 2.22. The third-order valence-corrected chi connectivity index (χ3v) is 3.33. The van der Waals surface area contributed by atoms with Crippen LogP contribution in [-0.4, -0.2) is 15.9 Å². The Balaban J connectivity index is 1.65. The Hall–Kier alpha value is -2.95. The summed E-state index contributed by atoms with van der Waals surface area (Å²) in [5, 5.41) is 3.84. The molecule has 0 aliphatic carbocycles. The van der Waals surface area contributed by atoms with E-state index in [-0.39, 0.29) is 12.3 Å². The molecular weight excluding hydrogens is 276 g/mol. The quantitative estimate of drug-likeness (QED) is 0.721. The zero-order chi connectivity index (χ0) is 15.4. The molecule has 0 fully saturated rings. The lowest BCUT2D eigenvalue weighted by Crippen LogP contribution is -2.24. The van der Waals surface area contributed by atoms with Crippen molar-refractivity contribution in [2.75, 3.05) is 5.73 Å². The van der Waals surface area contributed by atoms with E-state index in [1.165, 1.54) is 0 Å². The zero-order valence-electron chi connectivity index (χ0n) is 12.0. The molecule has 3 N–H and O–H groups in total. The van der Waals surface area contributed by atoms with Gasteiger partial charge in [-0.3, -0.25) is 14.8 Å². The minimum absolute atomic E-state index is 0.0638. The van der Waals surface area contributed by atoms with Crippen molar-refractivity contribution in [2.24, 2.45) is 0 Å². The minimum Gasteiger partial charge on any atom is -0.399 e. The second-order valence-corrected chi connectivity index (χ2v) is 5.07. The molecule has 0 bridgehead atoms. The number of nitrogens with two attached hydrogens (primary N) is 1. The zero-order valence-corrected chi connectivity index (χ0v) is 12.0. The van der Waals surface area contributed by atoms with Gasteiger partial charge >= 0.3 is 0 Å². The molecule has 1 amide bonds. The molecule has 3 aromatic rings. The molecule has 0 unspecified atom stereocenters. The number of carbonyl (C=O) groups is 1. The Morgan fingerprint density at radius 3 is 2.91 bits per heavy atom. The van der Waals surface area contributed by atoms with Crippen molar-refractivity contribution in [1.82, 2.24) is 15.3 Å². The first kappa shape index (κ1) is 14.0. The van der Waals surface area contributed by atoms with Crippen LogP contribution in [0.4, 0.5) is 5.69 Å². The van der Waals surface area contributed by atoms with Crippen LogP contribution >= 0.6 is 0 Å². The number of pyridine rings is 2. The van der Waals surface area contributed by atoms with Gasteiger partial charge in [0.25, 0.3) is 0 Å². The van der Waals surface area contributed by atoms with Gasteiger partial charge in [0.05, 0.1) is 17.6 Å². The van der Waals surface area contributed by atoms with Crippen LogP contribution in [0.25, 0.3) is 10.9 Å². The molecule has 0 atom stereocenters. The van der Waals surface area contributed by atoms with Gasteiger partial charge in [-0.2, -0.15) is 0 Å². The maximum atomic E-state index is 12.0. The Bertz CT molecular complexity index is 802. The van der Waals surface area contributed by atoms with Crippen LogP contribution in [0.1, 0.15) is 11.3 Å². The number of nitrogen functional groups attached to an aromatic ring is 1. The Labute approximate surface area is 128 Å². The molecule has 1 aromatic carbocycles. The van der Waals surface area contributed by atoms with Gasteiger partial charge in [0, 0.05) is 30.0 Å². The van der Waals surface area contributed by atoms with E-state index in [2.05, 4.69) is 15.3 Å². The number of amides is 1. The van der Waals surface area contributed by atoms with Gasteiger partial charge in [0.1, 0.15) is 0 Å². The summed E-state index contributed by atoms with van der Waals surface area (Å²) in [4.78, 5) is 20.5. The molecule has 0 aliphatic rings. The fraction of sp³-hybridized carbons (Fsp3) is 0.118. The molecule has 3 rings (SSSR count). The van der Waals surface area contributed by atoms with Gasteiger partial charge in [0.2, 0.25) is 5.91 Å². The van der Waals surface area contributed by atoms with E-state index in [0.717, 1.165) is 22.2 Å². The van der Waals surface area contributed by atoms with E-state index >= 15 is 0 Å². The van der Waals surface area contributed by atoms with E-state index in [9.17, 15) is 4.79 Å². The minimum atomic E-state index is -0.0638. The van der Waals surface area contributed by atoms with Crippen molar-refractivity contribution in [3.8, 4) is 0 Å². The third-order valence-electron chi connectivity index (χ3n) is 3.33. The fourth-order valence-corrected chi connectivity index (χ4v) is 2.22. The van der Waals surface area contributed by atoms with Crippen LogP contribution in [0.2, 0.25) is 0 Å². The Morgan fingerprint density at radius 1 is 1.18 bits per heavy atom. The predicted octanol–water partition coefficient (Wildman–Crippen LogP) is 2.07. The highest BCUT2D eigenvalue weighted by molar-refractivity contribution is 5.83. The normalized spacial score (nSPS) is 10.5. The number of nitrogens with one attached hydrogen (secondary N) is 1. The van der Waals surface area contributed by atoms with Gasteiger partial charge in [-0.05, 0) is 35.9 Å². The average Bonchev–Trinajstić information content (AvgIpc) is 2.54. The second kappa shape index (κ2) is 6.22. The number of nitrogens with zero attached hydrogens (tertiary/aromatic N) is 2. The Kier molecular flexibility index (Phi) is 3.96. The van der Waals surface area contributed by atoms with Crippen LogP contribution in [-0.2, 0) is 17.8 Å². The summed E-state index contributed by atoms with van der Waals surface area (Å²) in [7, 11) is 0. The first-order chi connectivity index (χ1) is 10.7. The number of hydrogen-bond acceptors (Lipinski definition) is 4. The number of hydrogen-bond donors (Lipinski definition) is 2. The SMILES string of the molecule is Nc1ccc2nc(CC(=O)NCc3cccnc3)ccc2c1. The predicted molar refractivity (Wildman–Crippen MR) is 85.9 cm³/mol. The molecule has 5 nitrogen and oxygen atoms in total. The van der Waals surface area contributed by atoms with Gasteiger partial charge in [-0.15, -0.1) is 0 Å². The number of anilines is 1. The summed E-state index contributed by atoms with van der Waals surface area (Å²) >= 11 is 0. The van der Waals surface area contributed by atoms with E-state index in [0.29, 0.717) is 12.2 Å². The van der Waals surface area contributed by atoms with Crippen molar-refractivity contribution in [3.05, 3.63) is 66.1 Å². The molecule has 0 aliphatic heterocycles. The van der Waals surface area contributed by atoms with Crippen LogP contribution < -0.4 is 11.1 Å². The van der Waals surface area contributed by atoms with Crippen molar-refractivity contribution < 1.29 is 4.79 Å². The average molecular weight is 292 g/mol. The van der Waals surface area contributed by atoms with Crippen molar-refractivity contribution in [1.29, 1.82) is 0 Å². The highest BCUT2D eigenvalue weighted by Crippen LogP contribution is 2.16. The molecule has 2 heterocycles. The number of carbonyl (C=O) groups excluding carboxylic acids is 1.